The third-order valence-electron chi connectivity index (χ3n) is 0. The fourth-order valence-electron chi connectivity index (χ4n) is 0. The molecular formula is H2CuF6OSi-2. The zero-order valence-electron chi connectivity index (χ0n) is 3.57. The van der Waals surface area contributed by atoms with Gasteiger partial charge in [-0.1, -0.05) is 0 Å². The first kappa shape index (κ1) is 16.1. The minimum atomic E-state index is -10.8. The predicted molar refractivity (Wildman–Crippen MR) is 16.0 cm³/mol. The van der Waals surface area contributed by atoms with Gasteiger partial charge in [0.1, 0.15) is 0 Å². The van der Waals surface area contributed by atoms with Crippen LogP contribution in [0.3, 0.4) is 0 Å². The van der Waals surface area contributed by atoms with Gasteiger partial charge in [-0.2, -0.15) is 0 Å². The van der Waals surface area contributed by atoms with E-state index in [1.165, 1.54) is 0 Å². The van der Waals surface area contributed by atoms with Crippen molar-refractivity contribution in [1.82, 2.24) is 0 Å². The largest absolute Gasteiger partial charge is 0.412 e. The Morgan fingerprint density at radius 3 is 0.667 bits per heavy atom. The van der Waals surface area contributed by atoms with E-state index in [1.54, 1.807) is 0 Å². The Kier molecular flexibility index (Phi) is 3.37. The van der Waals surface area contributed by atoms with E-state index >= 15 is 0 Å². The van der Waals surface area contributed by atoms with Crippen LogP contribution in [-0.4, -0.2) is 14.1 Å². The summed E-state index contributed by atoms with van der Waals surface area (Å²) in [5.74, 6) is 0. The van der Waals surface area contributed by atoms with Crippen LogP contribution < -0.4 is 0 Å². The Bertz CT molecular complexity index is 71.6. The van der Waals surface area contributed by atoms with Crippen LogP contribution in [-0.2, 0) is 17.1 Å². The van der Waals surface area contributed by atoms with Crippen molar-refractivity contribution in [2.24, 2.45) is 0 Å². The minimum Gasteiger partial charge on any atom is -0.412 e. The molecule has 0 bridgehead atoms. The molecule has 0 aromatic carbocycles. The molecule has 67 valence electrons. The zero-order chi connectivity index (χ0) is 6.41. The smallest absolute Gasteiger partial charge is 0 e. The summed E-state index contributed by atoms with van der Waals surface area (Å²) in [6.45, 7) is 0. The van der Waals surface area contributed by atoms with Gasteiger partial charge in [0.05, 0.1) is 0 Å². The topological polar surface area (TPSA) is 31.5 Å². The Morgan fingerprint density at radius 1 is 0.667 bits per heavy atom. The van der Waals surface area contributed by atoms with Crippen LogP contribution in [0.25, 0.3) is 0 Å². The van der Waals surface area contributed by atoms with Gasteiger partial charge in [0.15, 0.2) is 0 Å². The molecule has 0 fully saturated rings. The van der Waals surface area contributed by atoms with E-state index in [4.69, 9.17) is 0 Å². The van der Waals surface area contributed by atoms with Crippen molar-refractivity contribution >= 4 is 8.63 Å². The maximum absolute atomic E-state index is 10.8. The van der Waals surface area contributed by atoms with E-state index in [-0.39, 0.29) is 22.5 Å². The molecule has 0 aromatic rings. The number of hydrogen-bond donors (Lipinski definition) is 0. The molecule has 0 heterocycles. The van der Waals surface area contributed by atoms with Crippen molar-refractivity contribution in [2.75, 3.05) is 0 Å². The molecule has 0 amide bonds. The van der Waals surface area contributed by atoms with E-state index in [0.717, 1.165) is 0 Å². The van der Waals surface area contributed by atoms with Crippen LogP contribution in [0.1, 0.15) is 0 Å². The van der Waals surface area contributed by atoms with Gasteiger partial charge in [0, 0.05) is 17.1 Å². The van der Waals surface area contributed by atoms with E-state index in [2.05, 4.69) is 0 Å². The minimum absolute atomic E-state index is 0. The molecule has 9 heavy (non-hydrogen) atoms. The molecule has 0 saturated carbocycles. The first-order chi connectivity index (χ1) is 2.45. The monoisotopic (exact) mass is 223 g/mol. The molecular weight excluding hydrogens is 222 g/mol. The summed E-state index contributed by atoms with van der Waals surface area (Å²) in [7, 11) is -10.8. The standard InChI is InChI=1S/Cu.F6Si.H2O/c;1-7(2,3,4,5)6;/h;;1H2/q;-2;. The summed E-state index contributed by atoms with van der Waals surface area (Å²) in [6, 6.07) is 0. The second kappa shape index (κ2) is 1.88. The van der Waals surface area contributed by atoms with Gasteiger partial charge in [0.25, 0.3) is 0 Å². The normalized spacial score (nSPS) is 18.0. The Balaban J connectivity index is -0.000000180. The third-order valence-corrected chi connectivity index (χ3v) is 0. The fourth-order valence-corrected chi connectivity index (χ4v) is 0. The van der Waals surface area contributed by atoms with E-state index in [1.807, 2.05) is 0 Å². The first-order valence-electron chi connectivity index (χ1n) is 1.13. The Labute approximate surface area is 56.7 Å². The summed E-state index contributed by atoms with van der Waals surface area (Å²) in [6.07, 6.45) is 0. The third kappa shape index (κ3) is 4270. The van der Waals surface area contributed by atoms with Crippen molar-refractivity contribution in [1.29, 1.82) is 0 Å². The quantitative estimate of drug-likeness (QED) is 0.337. The molecule has 2 N–H and O–H groups in total. The van der Waals surface area contributed by atoms with Crippen molar-refractivity contribution in [3.8, 4) is 0 Å². The van der Waals surface area contributed by atoms with E-state index in [0.29, 0.717) is 0 Å². The Hall–Kier alpha value is 0.276. The molecule has 0 aliphatic carbocycles. The van der Waals surface area contributed by atoms with Crippen molar-refractivity contribution in [3.05, 3.63) is 0 Å². The van der Waals surface area contributed by atoms with Crippen LogP contribution in [0.2, 0.25) is 0 Å². The second-order valence-corrected chi connectivity index (χ2v) is 3.21. The molecule has 0 atom stereocenters. The molecule has 0 aliphatic rings. The van der Waals surface area contributed by atoms with Gasteiger partial charge in [-0.3, -0.25) is 0 Å². The first-order valence-corrected chi connectivity index (χ1v) is 3.40. The molecule has 0 spiro atoms. The second-order valence-electron chi connectivity index (χ2n) is 1.07. The maximum Gasteiger partial charge on any atom is 0 e. The summed E-state index contributed by atoms with van der Waals surface area (Å²) in [4.78, 5) is 0. The molecule has 0 saturated heterocycles. The summed E-state index contributed by atoms with van der Waals surface area (Å²) < 4.78 is 59.3. The average molecular weight is 224 g/mol. The van der Waals surface area contributed by atoms with Gasteiger partial charge in [-0.25, -0.2) is 0 Å². The molecule has 0 aromatic heterocycles. The number of rotatable bonds is 0. The molecule has 0 unspecified atom stereocenters. The van der Waals surface area contributed by atoms with Gasteiger partial charge in [-0.05, 0) is 0 Å². The van der Waals surface area contributed by atoms with Gasteiger partial charge >= 0.3 is 33.3 Å². The number of halogens is 6. The molecule has 0 rings (SSSR count). The van der Waals surface area contributed by atoms with Crippen LogP contribution >= 0.6 is 0 Å². The van der Waals surface area contributed by atoms with Crippen LogP contribution in [0.5, 0.6) is 0 Å². The van der Waals surface area contributed by atoms with Crippen LogP contribution in [0.4, 0.5) is 24.6 Å². The van der Waals surface area contributed by atoms with Crippen molar-refractivity contribution in [2.45, 2.75) is 0 Å². The maximum atomic E-state index is 9.88. The van der Waals surface area contributed by atoms with Crippen LogP contribution in [0.15, 0.2) is 0 Å². The van der Waals surface area contributed by atoms with Crippen LogP contribution in [0, 0.1) is 0 Å². The Morgan fingerprint density at radius 2 is 0.667 bits per heavy atom. The van der Waals surface area contributed by atoms with Crippen molar-refractivity contribution in [3.63, 3.8) is 0 Å². The average Bonchev–Trinajstić information content (AvgIpc) is 0.592. The van der Waals surface area contributed by atoms with Gasteiger partial charge in [0.2, 0.25) is 0 Å². The van der Waals surface area contributed by atoms with Gasteiger partial charge in [-0.15, -0.1) is 0 Å². The fraction of sp³-hybridized carbons (Fsp3) is 0. The summed E-state index contributed by atoms with van der Waals surface area (Å²) in [5, 5.41) is 0. The summed E-state index contributed by atoms with van der Waals surface area (Å²) >= 11 is 0. The SMILES string of the molecule is F[Si-2](F)(F)(F)(F)F.O.[Cu]. The summed E-state index contributed by atoms with van der Waals surface area (Å²) in [5.41, 5.74) is 0. The van der Waals surface area contributed by atoms with Gasteiger partial charge < -0.3 is 5.48 Å². The van der Waals surface area contributed by atoms with E-state index < -0.39 is 8.63 Å². The molecule has 0 aliphatic heterocycles. The van der Waals surface area contributed by atoms with Crippen molar-refractivity contribution < 1.29 is 47.2 Å². The van der Waals surface area contributed by atoms with E-state index in [9.17, 15) is 24.6 Å². The molecule has 1 nitrogen and oxygen atoms in total. The zero-order valence-corrected chi connectivity index (χ0v) is 5.51. The molecule has 1 radical (unpaired) electrons. The number of hydrogen-bond acceptors (Lipinski definition) is 0. The predicted octanol–water partition coefficient (Wildman–Crippen LogP) is 1.31. The molecule has 9 heteroatoms.